The fraction of sp³-hybridized carbons (Fsp3) is 0.625. The van der Waals surface area contributed by atoms with Crippen molar-refractivity contribution in [2.24, 2.45) is 5.41 Å². The van der Waals surface area contributed by atoms with Crippen LogP contribution in [0.15, 0.2) is 18.2 Å². The van der Waals surface area contributed by atoms with Gasteiger partial charge in [0.1, 0.15) is 5.75 Å². The molecule has 0 spiro atoms. The molecule has 20 heavy (non-hydrogen) atoms. The summed E-state index contributed by atoms with van der Waals surface area (Å²) in [6.07, 6.45) is -4.36. The van der Waals surface area contributed by atoms with Gasteiger partial charge in [-0.1, -0.05) is 41.5 Å². The molecule has 1 aromatic carbocycles. The molecule has 0 atom stereocenters. The van der Waals surface area contributed by atoms with E-state index in [2.05, 4.69) is 0 Å². The van der Waals surface area contributed by atoms with E-state index in [1.165, 1.54) is 6.07 Å². The highest BCUT2D eigenvalue weighted by atomic mass is 19.4. The number of ether oxygens (including phenoxy) is 1. The van der Waals surface area contributed by atoms with Gasteiger partial charge < -0.3 is 4.74 Å². The maximum absolute atomic E-state index is 13.0. The molecule has 0 aliphatic carbocycles. The third-order valence-corrected chi connectivity index (χ3v) is 2.77. The molecule has 0 N–H and O–H groups in total. The van der Waals surface area contributed by atoms with Crippen LogP contribution in [0.2, 0.25) is 0 Å². The molecule has 4 heteroatoms. The van der Waals surface area contributed by atoms with Gasteiger partial charge in [0.05, 0.1) is 12.2 Å². The molecule has 0 fully saturated rings. The number of benzene rings is 1. The van der Waals surface area contributed by atoms with Crippen molar-refractivity contribution >= 4 is 0 Å². The van der Waals surface area contributed by atoms with E-state index in [1.807, 2.05) is 41.5 Å². The largest absolute Gasteiger partial charge is 0.493 e. The van der Waals surface area contributed by atoms with Crippen molar-refractivity contribution in [3.8, 4) is 5.75 Å². The van der Waals surface area contributed by atoms with E-state index in [9.17, 15) is 13.2 Å². The normalized spacial score (nSPS) is 13.4. The molecule has 0 saturated heterocycles. The highest BCUT2D eigenvalue weighted by molar-refractivity contribution is 5.39. The Morgan fingerprint density at radius 2 is 1.35 bits per heavy atom. The molecule has 0 unspecified atom stereocenters. The summed E-state index contributed by atoms with van der Waals surface area (Å²) in [5.41, 5.74) is -0.498. The summed E-state index contributed by atoms with van der Waals surface area (Å²) in [5.74, 6) is 0.277. The molecule has 1 rings (SSSR count). The van der Waals surface area contributed by atoms with Gasteiger partial charge in [-0.05, 0) is 34.6 Å². The molecule has 0 aliphatic heterocycles. The lowest BCUT2D eigenvalue weighted by molar-refractivity contribution is -0.137. The zero-order valence-electron chi connectivity index (χ0n) is 13.0. The summed E-state index contributed by atoms with van der Waals surface area (Å²) >= 11 is 0. The number of halogens is 3. The van der Waals surface area contributed by atoms with Crippen molar-refractivity contribution in [3.05, 3.63) is 29.3 Å². The van der Waals surface area contributed by atoms with Crippen molar-refractivity contribution in [1.29, 1.82) is 0 Å². The molecule has 0 aliphatic rings. The van der Waals surface area contributed by atoms with Gasteiger partial charge in [-0.2, -0.15) is 13.2 Å². The Morgan fingerprint density at radius 3 is 1.75 bits per heavy atom. The molecule has 1 nitrogen and oxygen atoms in total. The van der Waals surface area contributed by atoms with Gasteiger partial charge in [0, 0.05) is 0 Å². The number of hydrogen-bond acceptors (Lipinski definition) is 1. The first-order chi connectivity index (χ1) is 8.79. The van der Waals surface area contributed by atoms with Crippen LogP contribution >= 0.6 is 0 Å². The van der Waals surface area contributed by atoms with Crippen LogP contribution in [0, 0.1) is 5.41 Å². The highest BCUT2D eigenvalue weighted by Crippen LogP contribution is 2.36. The monoisotopic (exact) mass is 288 g/mol. The van der Waals surface area contributed by atoms with E-state index in [4.69, 9.17) is 4.74 Å². The molecule has 0 saturated carbocycles. The zero-order valence-corrected chi connectivity index (χ0v) is 13.0. The highest BCUT2D eigenvalue weighted by Gasteiger charge is 2.32. The van der Waals surface area contributed by atoms with E-state index in [0.29, 0.717) is 12.2 Å². The Kier molecular flexibility index (Phi) is 4.47. The maximum atomic E-state index is 13.0. The summed E-state index contributed by atoms with van der Waals surface area (Å²) in [6.45, 7) is 12.0. The van der Waals surface area contributed by atoms with E-state index < -0.39 is 11.7 Å². The predicted molar refractivity (Wildman–Crippen MR) is 75.1 cm³/mol. The summed E-state index contributed by atoms with van der Waals surface area (Å²) in [6, 6.07) is 3.96. The van der Waals surface area contributed by atoms with Gasteiger partial charge in [-0.25, -0.2) is 0 Å². The minimum atomic E-state index is -4.36. The number of alkyl halides is 3. The van der Waals surface area contributed by atoms with Gasteiger partial charge in [0.15, 0.2) is 0 Å². The first-order valence-electron chi connectivity index (χ1n) is 6.65. The topological polar surface area (TPSA) is 9.23 Å². The second kappa shape index (κ2) is 5.30. The maximum Gasteiger partial charge on any atom is 0.416 e. The lowest BCUT2D eigenvalue weighted by Crippen LogP contribution is -2.18. The summed E-state index contributed by atoms with van der Waals surface area (Å²) in [7, 11) is 0. The Labute approximate surface area is 119 Å². The molecule has 0 amide bonds. The minimum absolute atomic E-state index is 0.101. The summed E-state index contributed by atoms with van der Waals surface area (Å²) in [5, 5.41) is 0. The second-order valence-electron chi connectivity index (χ2n) is 7.34. The Bertz CT molecular complexity index is 430. The summed E-state index contributed by atoms with van der Waals surface area (Å²) < 4.78 is 44.4. The van der Waals surface area contributed by atoms with E-state index in [1.54, 1.807) is 6.07 Å². The van der Waals surface area contributed by atoms with Crippen molar-refractivity contribution < 1.29 is 17.9 Å². The van der Waals surface area contributed by atoms with Crippen LogP contribution in [0.25, 0.3) is 0 Å². The fourth-order valence-electron chi connectivity index (χ4n) is 1.58. The van der Waals surface area contributed by atoms with Gasteiger partial charge in [0.2, 0.25) is 0 Å². The lowest BCUT2D eigenvalue weighted by Gasteiger charge is -2.24. The van der Waals surface area contributed by atoms with Crippen LogP contribution in [-0.2, 0) is 11.6 Å². The molecule has 0 heterocycles. The number of hydrogen-bond donors (Lipinski definition) is 0. The lowest BCUT2D eigenvalue weighted by atomic mass is 9.86. The van der Waals surface area contributed by atoms with Crippen molar-refractivity contribution in [2.75, 3.05) is 6.61 Å². The smallest absolute Gasteiger partial charge is 0.416 e. The predicted octanol–water partition coefficient (Wildman–Crippen LogP) is 5.43. The first-order valence-corrected chi connectivity index (χ1v) is 6.65. The van der Waals surface area contributed by atoms with Crippen LogP contribution in [0.4, 0.5) is 13.2 Å². The molecule has 1 aromatic rings. The molecular weight excluding hydrogens is 265 g/mol. The molecule has 0 radical (unpaired) electrons. The van der Waals surface area contributed by atoms with Gasteiger partial charge >= 0.3 is 6.18 Å². The molecule has 0 bridgehead atoms. The standard InChI is InChI=1S/C16H23F3O/c1-14(2,3)10-20-13-8-11(15(4,5)6)7-12(9-13)16(17,18)19/h7-9H,10H2,1-6H3. The average Bonchev–Trinajstić information content (AvgIpc) is 2.22. The quantitative estimate of drug-likeness (QED) is 0.705. The third kappa shape index (κ3) is 5.06. The van der Waals surface area contributed by atoms with Crippen LogP contribution in [0.3, 0.4) is 0 Å². The Morgan fingerprint density at radius 1 is 0.850 bits per heavy atom. The minimum Gasteiger partial charge on any atom is -0.493 e. The van der Waals surface area contributed by atoms with Crippen LogP contribution < -0.4 is 4.74 Å². The van der Waals surface area contributed by atoms with Crippen molar-refractivity contribution in [3.63, 3.8) is 0 Å². The van der Waals surface area contributed by atoms with Crippen molar-refractivity contribution in [2.45, 2.75) is 53.1 Å². The molecule has 0 aromatic heterocycles. The van der Waals surface area contributed by atoms with Gasteiger partial charge in [0.25, 0.3) is 0 Å². The zero-order chi connectivity index (χ0) is 15.8. The number of rotatable bonds is 2. The first kappa shape index (κ1) is 16.9. The fourth-order valence-corrected chi connectivity index (χ4v) is 1.58. The van der Waals surface area contributed by atoms with Crippen molar-refractivity contribution in [1.82, 2.24) is 0 Å². The molecule has 114 valence electrons. The Balaban J connectivity index is 3.18. The Hall–Kier alpha value is -1.19. The average molecular weight is 288 g/mol. The van der Waals surface area contributed by atoms with Crippen LogP contribution in [-0.4, -0.2) is 6.61 Å². The van der Waals surface area contributed by atoms with Crippen LogP contribution in [0.1, 0.15) is 52.7 Å². The summed E-state index contributed by atoms with van der Waals surface area (Å²) in [4.78, 5) is 0. The van der Waals surface area contributed by atoms with Gasteiger partial charge in [-0.15, -0.1) is 0 Å². The van der Waals surface area contributed by atoms with E-state index >= 15 is 0 Å². The molecular formula is C16H23F3O. The van der Waals surface area contributed by atoms with Crippen LogP contribution in [0.5, 0.6) is 5.75 Å². The third-order valence-electron chi connectivity index (χ3n) is 2.77. The SMILES string of the molecule is CC(C)(C)COc1cc(C(C)(C)C)cc(C(F)(F)F)c1. The van der Waals surface area contributed by atoms with E-state index in [-0.39, 0.29) is 16.6 Å². The van der Waals surface area contributed by atoms with Gasteiger partial charge in [-0.3, -0.25) is 0 Å². The second-order valence-corrected chi connectivity index (χ2v) is 7.34. The van der Waals surface area contributed by atoms with E-state index in [0.717, 1.165) is 6.07 Å².